The number of halogens is 1. The van der Waals surface area contributed by atoms with Crippen LogP contribution in [-0.2, 0) is 0 Å². The van der Waals surface area contributed by atoms with Gasteiger partial charge in [-0.15, -0.1) is 0 Å². The summed E-state index contributed by atoms with van der Waals surface area (Å²) in [7, 11) is 0. The van der Waals surface area contributed by atoms with Crippen LogP contribution >= 0.6 is 11.6 Å². The standard InChI is InChI=1S/C12H11ClN2O/c1-7-8(2)14-12(15-11(7)13)9-4-3-5-10(16)6-9/h3-6,16H,1-2H3. The first-order chi connectivity index (χ1) is 7.58. The van der Waals surface area contributed by atoms with Crippen LogP contribution < -0.4 is 0 Å². The summed E-state index contributed by atoms with van der Waals surface area (Å²) in [6.07, 6.45) is 0. The first-order valence-electron chi connectivity index (χ1n) is 4.88. The van der Waals surface area contributed by atoms with Crippen LogP contribution in [0.15, 0.2) is 24.3 Å². The summed E-state index contributed by atoms with van der Waals surface area (Å²) in [5.74, 6) is 0.722. The summed E-state index contributed by atoms with van der Waals surface area (Å²) in [6.45, 7) is 3.76. The van der Waals surface area contributed by atoms with Gasteiger partial charge in [0.25, 0.3) is 0 Å². The topological polar surface area (TPSA) is 46.0 Å². The third-order valence-electron chi connectivity index (χ3n) is 2.43. The van der Waals surface area contributed by atoms with E-state index < -0.39 is 0 Å². The number of aromatic nitrogens is 2. The molecule has 3 nitrogen and oxygen atoms in total. The molecule has 82 valence electrons. The Labute approximate surface area is 98.8 Å². The van der Waals surface area contributed by atoms with E-state index >= 15 is 0 Å². The van der Waals surface area contributed by atoms with Gasteiger partial charge in [0.1, 0.15) is 10.9 Å². The van der Waals surface area contributed by atoms with E-state index in [9.17, 15) is 5.11 Å². The summed E-state index contributed by atoms with van der Waals surface area (Å²) in [5.41, 5.74) is 2.48. The molecule has 0 aliphatic rings. The minimum atomic E-state index is 0.190. The van der Waals surface area contributed by atoms with E-state index in [0.717, 1.165) is 16.8 Å². The molecule has 0 aliphatic heterocycles. The van der Waals surface area contributed by atoms with Crippen LogP contribution in [0.5, 0.6) is 5.75 Å². The maximum absolute atomic E-state index is 9.38. The molecule has 0 radical (unpaired) electrons. The highest BCUT2D eigenvalue weighted by atomic mass is 35.5. The highest BCUT2D eigenvalue weighted by molar-refractivity contribution is 6.30. The number of phenols is 1. The van der Waals surface area contributed by atoms with Gasteiger partial charge in [-0.3, -0.25) is 0 Å². The Morgan fingerprint density at radius 1 is 1.19 bits per heavy atom. The lowest BCUT2D eigenvalue weighted by Crippen LogP contribution is -1.96. The van der Waals surface area contributed by atoms with E-state index in [1.807, 2.05) is 19.9 Å². The van der Waals surface area contributed by atoms with Gasteiger partial charge < -0.3 is 5.11 Å². The van der Waals surface area contributed by atoms with Gasteiger partial charge in [-0.1, -0.05) is 23.7 Å². The van der Waals surface area contributed by atoms with Crippen LogP contribution in [0, 0.1) is 13.8 Å². The van der Waals surface area contributed by atoms with E-state index in [-0.39, 0.29) is 5.75 Å². The van der Waals surface area contributed by atoms with Gasteiger partial charge >= 0.3 is 0 Å². The minimum absolute atomic E-state index is 0.190. The molecule has 2 aromatic rings. The van der Waals surface area contributed by atoms with Crippen molar-refractivity contribution in [2.75, 3.05) is 0 Å². The highest BCUT2D eigenvalue weighted by Gasteiger charge is 2.08. The van der Waals surface area contributed by atoms with E-state index in [4.69, 9.17) is 11.6 Å². The first-order valence-corrected chi connectivity index (χ1v) is 5.26. The predicted molar refractivity (Wildman–Crippen MR) is 63.6 cm³/mol. The van der Waals surface area contributed by atoms with Gasteiger partial charge in [0.2, 0.25) is 0 Å². The number of rotatable bonds is 1. The Kier molecular flexibility index (Phi) is 2.79. The fraction of sp³-hybridized carbons (Fsp3) is 0.167. The van der Waals surface area contributed by atoms with Gasteiger partial charge in [0, 0.05) is 16.8 Å². The molecular weight excluding hydrogens is 224 g/mol. The lowest BCUT2D eigenvalue weighted by atomic mass is 10.2. The van der Waals surface area contributed by atoms with Crippen LogP contribution in [-0.4, -0.2) is 15.1 Å². The molecule has 0 spiro atoms. The minimum Gasteiger partial charge on any atom is -0.508 e. The van der Waals surface area contributed by atoms with Crippen LogP contribution in [0.2, 0.25) is 5.15 Å². The van der Waals surface area contributed by atoms with Crippen molar-refractivity contribution in [1.29, 1.82) is 0 Å². The maximum atomic E-state index is 9.38. The van der Waals surface area contributed by atoms with Crippen molar-refractivity contribution in [2.45, 2.75) is 13.8 Å². The second-order valence-electron chi connectivity index (χ2n) is 3.60. The molecule has 0 unspecified atom stereocenters. The van der Waals surface area contributed by atoms with Crippen LogP contribution in [0.3, 0.4) is 0 Å². The largest absolute Gasteiger partial charge is 0.508 e. The molecule has 0 amide bonds. The second kappa shape index (κ2) is 4.10. The Morgan fingerprint density at radius 2 is 1.94 bits per heavy atom. The average molecular weight is 235 g/mol. The summed E-state index contributed by atoms with van der Waals surface area (Å²) in [4.78, 5) is 8.53. The number of hydrogen-bond donors (Lipinski definition) is 1. The zero-order valence-corrected chi connectivity index (χ0v) is 9.78. The van der Waals surface area contributed by atoms with Gasteiger partial charge in [-0.2, -0.15) is 0 Å². The molecule has 1 heterocycles. The molecule has 1 N–H and O–H groups in total. The van der Waals surface area contributed by atoms with Crippen LogP contribution in [0.4, 0.5) is 0 Å². The van der Waals surface area contributed by atoms with Crippen molar-refractivity contribution in [2.24, 2.45) is 0 Å². The van der Waals surface area contributed by atoms with Crippen molar-refractivity contribution in [3.63, 3.8) is 0 Å². The third kappa shape index (κ3) is 1.99. The second-order valence-corrected chi connectivity index (χ2v) is 3.96. The molecule has 0 saturated heterocycles. The number of aromatic hydroxyl groups is 1. The van der Waals surface area contributed by atoms with Crippen molar-refractivity contribution >= 4 is 11.6 Å². The number of aryl methyl sites for hydroxylation is 1. The molecule has 1 aromatic carbocycles. The fourth-order valence-electron chi connectivity index (χ4n) is 1.37. The van der Waals surface area contributed by atoms with Gasteiger partial charge in [0.05, 0.1) is 0 Å². The SMILES string of the molecule is Cc1nc(-c2cccc(O)c2)nc(Cl)c1C. The van der Waals surface area contributed by atoms with Gasteiger partial charge in [-0.05, 0) is 26.0 Å². The fourth-order valence-corrected chi connectivity index (χ4v) is 1.58. The quantitative estimate of drug-likeness (QED) is 0.772. The summed E-state index contributed by atoms with van der Waals surface area (Å²) < 4.78 is 0. The predicted octanol–water partition coefficient (Wildman–Crippen LogP) is 3.12. The van der Waals surface area contributed by atoms with E-state index in [0.29, 0.717) is 11.0 Å². The molecule has 0 fully saturated rings. The molecule has 16 heavy (non-hydrogen) atoms. The summed E-state index contributed by atoms with van der Waals surface area (Å²) in [6, 6.07) is 6.80. The number of benzene rings is 1. The zero-order valence-electron chi connectivity index (χ0n) is 9.03. The van der Waals surface area contributed by atoms with Crippen LogP contribution in [0.25, 0.3) is 11.4 Å². The number of hydrogen-bond acceptors (Lipinski definition) is 3. The lowest BCUT2D eigenvalue weighted by molar-refractivity contribution is 0.475. The number of phenolic OH excluding ortho intramolecular Hbond substituents is 1. The Morgan fingerprint density at radius 3 is 2.56 bits per heavy atom. The lowest BCUT2D eigenvalue weighted by Gasteiger charge is -2.06. The Bertz CT molecular complexity index is 517. The molecule has 2 rings (SSSR count). The normalized spacial score (nSPS) is 10.4. The molecule has 0 bridgehead atoms. The van der Waals surface area contributed by atoms with Crippen molar-refractivity contribution < 1.29 is 5.11 Å². The van der Waals surface area contributed by atoms with E-state index in [2.05, 4.69) is 9.97 Å². The van der Waals surface area contributed by atoms with Crippen molar-refractivity contribution in [3.05, 3.63) is 40.7 Å². The van der Waals surface area contributed by atoms with Crippen molar-refractivity contribution in [1.82, 2.24) is 9.97 Å². The molecule has 0 saturated carbocycles. The maximum Gasteiger partial charge on any atom is 0.161 e. The average Bonchev–Trinajstić information content (AvgIpc) is 2.25. The monoisotopic (exact) mass is 234 g/mol. The van der Waals surface area contributed by atoms with Crippen molar-refractivity contribution in [3.8, 4) is 17.1 Å². The Balaban J connectivity index is 2.57. The summed E-state index contributed by atoms with van der Waals surface area (Å²) >= 11 is 6.00. The third-order valence-corrected chi connectivity index (χ3v) is 2.80. The molecular formula is C12H11ClN2O. The zero-order chi connectivity index (χ0) is 11.7. The first kappa shape index (κ1) is 10.9. The molecule has 0 atom stereocenters. The van der Waals surface area contributed by atoms with E-state index in [1.165, 1.54) is 0 Å². The summed E-state index contributed by atoms with van der Waals surface area (Å²) in [5, 5.41) is 9.83. The smallest absolute Gasteiger partial charge is 0.161 e. The Hall–Kier alpha value is -1.61. The highest BCUT2D eigenvalue weighted by Crippen LogP contribution is 2.23. The van der Waals surface area contributed by atoms with E-state index in [1.54, 1.807) is 18.2 Å². The van der Waals surface area contributed by atoms with Gasteiger partial charge in [-0.25, -0.2) is 9.97 Å². The molecule has 0 aliphatic carbocycles. The van der Waals surface area contributed by atoms with Crippen LogP contribution in [0.1, 0.15) is 11.3 Å². The number of nitrogens with zero attached hydrogens (tertiary/aromatic N) is 2. The van der Waals surface area contributed by atoms with Gasteiger partial charge in [0.15, 0.2) is 5.82 Å². The molecule has 4 heteroatoms. The molecule has 1 aromatic heterocycles.